The monoisotopic (exact) mass is 179 g/mol. The fourth-order valence-electron chi connectivity index (χ4n) is 0. The fraction of sp³-hybridized carbons (Fsp3) is 0.571. The number of carboxylic acid groups (broad SMARTS) is 1. The third kappa shape index (κ3) is 17.7. The van der Waals surface area contributed by atoms with Gasteiger partial charge < -0.3 is 5.11 Å². The molecule has 0 atom stereocenters. The quantitative estimate of drug-likeness (QED) is 0.396. The molecule has 3 nitrogen and oxygen atoms in total. The van der Waals surface area contributed by atoms with E-state index < -0.39 is 5.97 Å². The van der Waals surface area contributed by atoms with Crippen LogP contribution in [-0.4, -0.2) is 36.1 Å². The number of hydrogen-bond acceptors (Lipinski definition) is 2. The van der Waals surface area contributed by atoms with Gasteiger partial charge in [0.2, 0.25) is 0 Å². The summed E-state index contributed by atoms with van der Waals surface area (Å²) >= 11 is 5.26. The van der Waals surface area contributed by atoms with Crippen molar-refractivity contribution in [2.75, 3.05) is 20.1 Å². The van der Waals surface area contributed by atoms with Gasteiger partial charge in [0, 0.05) is 5.57 Å². The van der Waals surface area contributed by atoms with E-state index in [1.165, 1.54) is 6.92 Å². The zero-order valence-corrected chi connectivity index (χ0v) is 7.85. The van der Waals surface area contributed by atoms with E-state index in [-0.39, 0.29) is 5.57 Å². The molecule has 0 aliphatic heterocycles. The normalized spacial score (nSPS) is 8.45. The van der Waals surface area contributed by atoms with Gasteiger partial charge in [0.25, 0.3) is 0 Å². The summed E-state index contributed by atoms with van der Waals surface area (Å²) in [5.74, 6) is -0.935. The summed E-state index contributed by atoms with van der Waals surface area (Å²) in [4.78, 5) is 11.5. The molecule has 1 N–H and O–H groups in total. The number of halogens is 1. The molecule has 0 spiro atoms. The maximum absolute atomic E-state index is 9.60. The molecule has 0 aliphatic carbocycles. The van der Waals surface area contributed by atoms with E-state index in [2.05, 4.69) is 6.58 Å². The summed E-state index contributed by atoms with van der Waals surface area (Å²) in [5, 5.41) is 7.89. The van der Waals surface area contributed by atoms with E-state index in [0.29, 0.717) is 6.00 Å². The van der Waals surface area contributed by atoms with Gasteiger partial charge in [0.1, 0.15) is 0 Å². The van der Waals surface area contributed by atoms with E-state index in [0.717, 1.165) is 0 Å². The molecule has 0 aromatic carbocycles. The van der Waals surface area contributed by atoms with Crippen molar-refractivity contribution in [1.29, 1.82) is 0 Å². The van der Waals surface area contributed by atoms with Crippen molar-refractivity contribution >= 4 is 17.6 Å². The molecule has 0 fully saturated rings. The first-order valence-electron chi connectivity index (χ1n) is 3.01. The lowest BCUT2D eigenvalue weighted by Gasteiger charge is -1.97. The van der Waals surface area contributed by atoms with Crippen LogP contribution in [0.25, 0.3) is 0 Å². The highest BCUT2D eigenvalue weighted by Gasteiger charge is 1.90. The minimum atomic E-state index is -0.935. The second-order valence-electron chi connectivity index (χ2n) is 2.28. The Morgan fingerprint density at radius 3 is 1.82 bits per heavy atom. The van der Waals surface area contributed by atoms with Crippen molar-refractivity contribution in [3.05, 3.63) is 12.2 Å². The number of carbonyl (C=O) groups is 1. The Balaban J connectivity index is 0. The lowest BCUT2D eigenvalue weighted by atomic mass is 10.4. The Labute approximate surface area is 72.3 Å². The molecule has 11 heavy (non-hydrogen) atoms. The van der Waals surface area contributed by atoms with E-state index in [9.17, 15) is 4.79 Å². The summed E-state index contributed by atoms with van der Waals surface area (Å²) in [6, 6.07) is 0.611. The average molecular weight is 180 g/mol. The zero-order valence-electron chi connectivity index (χ0n) is 7.09. The molecule has 0 saturated carbocycles. The highest BCUT2D eigenvalue weighted by molar-refractivity contribution is 6.17. The van der Waals surface area contributed by atoms with Gasteiger partial charge in [-0.25, -0.2) is 4.79 Å². The predicted octanol–water partition coefficient (Wildman–Crippen LogP) is 1.39. The minimum Gasteiger partial charge on any atom is -0.478 e. The van der Waals surface area contributed by atoms with Gasteiger partial charge >= 0.3 is 5.97 Å². The van der Waals surface area contributed by atoms with Crippen LogP contribution in [0.1, 0.15) is 6.92 Å². The van der Waals surface area contributed by atoms with Crippen molar-refractivity contribution in [3.8, 4) is 0 Å². The molecule has 4 heteroatoms. The topological polar surface area (TPSA) is 40.5 Å². The van der Waals surface area contributed by atoms with E-state index in [1.807, 2.05) is 19.0 Å². The van der Waals surface area contributed by atoms with E-state index >= 15 is 0 Å². The third-order valence-electron chi connectivity index (χ3n) is 0.604. The fourth-order valence-corrected chi connectivity index (χ4v) is 0. The minimum absolute atomic E-state index is 0.176. The molecule has 0 heterocycles. The molecule has 66 valence electrons. The van der Waals surface area contributed by atoms with Crippen LogP contribution >= 0.6 is 11.6 Å². The first-order valence-corrected chi connectivity index (χ1v) is 3.54. The molecular weight excluding hydrogens is 166 g/mol. The Hall–Kier alpha value is -0.540. The number of aliphatic carboxylic acids is 1. The molecule has 0 amide bonds. The van der Waals surface area contributed by atoms with Gasteiger partial charge in [-0.05, 0) is 21.0 Å². The molecule has 0 aliphatic rings. The number of hydrogen-bond donors (Lipinski definition) is 1. The van der Waals surface area contributed by atoms with Crippen LogP contribution in [0.4, 0.5) is 0 Å². The van der Waals surface area contributed by atoms with Crippen LogP contribution in [0, 0.1) is 0 Å². The zero-order chi connectivity index (χ0) is 9.44. The maximum atomic E-state index is 9.60. The standard InChI is InChI=1S/C4H6O2.C3H8ClN/c1-3(2)4(5)6;1-5(2)3-4/h1H2,2H3,(H,5,6);3H2,1-2H3. The van der Waals surface area contributed by atoms with Gasteiger partial charge in [-0.15, -0.1) is 11.6 Å². The summed E-state index contributed by atoms with van der Waals surface area (Å²) in [7, 11) is 3.85. The highest BCUT2D eigenvalue weighted by Crippen LogP contribution is 1.81. The second-order valence-corrected chi connectivity index (χ2v) is 2.52. The van der Waals surface area contributed by atoms with Crippen LogP contribution in [0.15, 0.2) is 12.2 Å². The van der Waals surface area contributed by atoms with Crippen molar-refractivity contribution in [1.82, 2.24) is 4.90 Å². The lowest BCUT2D eigenvalue weighted by molar-refractivity contribution is -0.132. The largest absolute Gasteiger partial charge is 0.478 e. The molecule has 0 saturated heterocycles. The predicted molar refractivity (Wildman–Crippen MR) is 46.9 cm³/mol. The lowest BCUT2D eigenvalue weighted by Crippen LogP contribution is -2.06. The van der Waals surface area contributed by atoms with Crippen molar-refractivity contribution in [2.24, 2.45) is 0 Å². The van der Waals surface area contributed by atoms with Crippen molar-refractivity contribution in [3.63, 3.8) is 0 Å². The Morgan fingerprint density at radius 2 is 1.82 bits per heavy atom. The van der Waals surface area contributed by atoms with Gasteiger partial charge in [-0.2, -0.15) is 0 Å². The van der Waals surface area contributed by atoms with Crippen LogP contribution in [0.5, 0.6) is 0 Å². The number of alkyl halides is 1. The van der Waals surface area contributed by atoms with E-state index in [1.54, 1.807) is 0 Å². The first kappa shape index (κ1) is 13.1. The average Bonchev–Trinajstić information content (AvgIpc) is 1.89. The van der Waals surface area contributed by atoms with Gasteiger partial charge in [0.05, 0.1) is 6.00 Å². The maximum Gasteiger partial charge on any atom is 0.330 e. The van der Waals surface area contributed by atoms with Gasteiger partial charge in [0.15, 0.2) is 0 Å². The number of nitrogens with zero attached hydrogens (tertiary/aromatic N) is 1. The summed E-state index contributed by atoms with van der Waals surface area (Å²) in [6.07, 6.45) is 0. The van der Waals surface area contributed by atoms with Gasteiger partial charge in [-0.1, -0.05) is 6.58 Å². The molecule has 0 bridgehead atoms. The number of carboxylic acids is 1. The molecule has 0 aromatic rings. The highest BCUT2D eigenvalue weighted by atomic mass is 35.5. The van der Waals surface area contributed by atoms with Crippen LogP contribution in [0.3, 0.4) is 0 Å². The molecular formula is C7H14ClNO2. The molecule has 0 rings (SSSR count). The van der Waals surface area contributed by atoms with Crippen molar-refractivity contribution < 1.29 is 9.90 Å². The Morgan fingerprint density at radius 1 is 1.64 bits per heavy atom. The third-order valence-corrected chi connectivity index (χ3v) is 1.08. The molecule has 0 aromatic heterocycles. The van der Waals surface area contributed by atoms with Crippen LogP contribution < -0.4 is 0 Å². The summed E-state index contributed by atoms with van der Waals surface area (Å²) < 4.78 is 0. The molecule has 0 radical (unpaired) electrons. The SMILES string of the molecule is C=C(C)C(=O)O.CN(C)CCl. The Kier molecular flexibility index (Phi) is 9.00. The molecule has 0 unspecified atom stereocenters. The van der Waals surface area contributed by atoms with Gasteiger partial charge in [-0.3, -0.25) is 4.90 Å². The first-order chi connectivity index (χ1) is 4.91. The smallest absolute Gasteiger partial charge is 0.330 e. The van der Waals surface area contributed by atoms with Crippen LogP contribution in [-0.2, 0) is 4.79 Å². The Bertz CT molecular complexity index is 122. The van der Waals surface area contributed by atoms with E-state index in [4.69, 9.17) is 16.7 Å². The van der Waals surface area contributed by atoms with Crippen LogP contribution in [0.2, 0.25) is 0 Å². The number of rotatable bonds is 2. The summed E-state index contributed by atoms with van der Waals surface area (Å²) in [5.41, 5.74) is 0.176. The second kappa shape index (κ2) is 7.57. The van der Waals surface area contributed by atoms with Crippen molar-refractivity contribution in [2.45, 2.75) is 6.92 Å². The summed E-state index contributed by atoms with van der Waals surface area (Å²) in [6.45, 7) is 4.60.